The third-order valence-electron chi connectivity index (χ3n) is 4.39. The van der Waals surface area contributed by atoms with E-state index in [2.05, 4.69) is 10.1 Å². The molecular formula is C18H24N4O4. The standard InChI is InChI=1S/C17H22N4O2.CH2O2/c1-12-7-13(2)21(19-12)11-17(23)20-9-15(16(22)10-20)8-14-3-5-18-6-4-14;2-1-3/h3-7,15-16,22H,8-11H2,1-2H3;1H,(H,2,3)/t15-,16-;/m1./s1. The third-order valence-corrected chi connectivity index (χ3v) is 4.39. The Bertz CT molecular complexity index is 732. The zero-order valence-corrected chi connectivity index (χ0v) is 14.9. The molecule has 8 heteroatoms. The molecule has 1 amide bonds. The van der Waals surface area contributed by atoms with E-state index in [-0.39, 0.29) is 24.8 Å². The van der Waals surface area contributed by atoms with E-state index in [4.69, 9.17) is 9.90 Å². The summed E-state index contributed by atoms with van der Waals surface area (Å²) in [7, 11) is 0. The number of rotatable bonds is 4. The van der Waals surface area contributed by atoms with Gasteiger partial charge in [-0.1, -0.05) is 0 Å². The Hall–Kier alpha value is -2.74. The first-order valence-electron chi connectivity index (χ1n) is 8.38. The van der Waals surface area contributed by atoms with Gasteiger partial charge in [0, 0.05) is 37.1 Å². The Morgan fingerprint density at radius 2 is 1.96 bits per heavy atom. The lowest BCUT2D eigenvalue weighted by Gasteiger charge is -2.16. The molecule has 1 aliphatic rings. The van der Waals surface area contributed by atoms with Crippen LogP contribution in [0.5, 0.6) is 0 Å². The zero-order valence-electron chi connectivity index (χ0n) is 14.9. The molecule has 8 nitrogen and oxygen atoms in total. The summed E-state index contributed by atoms with van der Waals surface area (Å²) in [5, 5.41) is 21.5. The van der Waals surface area contributed by atoms with Crippen molar-refractivity contribution in [1.82, 2.24) is 19.7 Å². The van der Waals surface area contributed by atoms with Crippen LogP contribution in [0.1, 0.15) is 17.0 Å². The Kier molecular flexibility index (Phi) is 6.85. The fourth-order valence-electron chi connectivity index (χ4n) is 3.14. The first-order valence-corrected chi connectivity index (χ1v) is 8.38. The number of aliphatic hydroxyl groups excluding tert-OH is 1. The molecule has 140 valence electrons. The molecule has 1 fully saturated rings. The van der Waals surface area contributed by atoms with E-state index in [0.29, 0.717) is 13.1 Å². The number of likely N-dealkylation sites (tertiary alicyclic amines) is 1. The second-order valence-corrected chi connectivity index (χ2v) is 6.38. The van der Waals surface area contributed by atoms with Gasteiger partial charge in [-0.2, -0.15) is 5.10 Å². The summed E-state index contributed by atoms with van der Waals surface area (Å²) in [6.45, 7) is 4.82. The molecule has 0 aliphatic carbocycles. The molecule has 3 rings (SSSR count). The minimum absolute atomic E-state index is 0.00692. The Morgan fingerprint density at radius 3 is 2.54 bits per heavy atom. The third kappa shape index (κ3) is 5.13. The molecular weight excluding hydrogens is 336 g/mol. The number of nitrogens with zero attached hydrogens (tertiary/aromatic N) is 4. The maximum atomic E-state index is 12.5. The van der Waals surface area contributed by atoms with Gasteiger partial charge in [0.15, 0.2) is 0 Å². The topological polar surface area (TPSA) is 109 Å². The highest BCUT2D eigenvalue weighted by atomic mass is 16.3. The number of aliphatic hydroxyl groups is 1. The highest BCUT2D eigenvalue weighted by Crippen LogP contribution is 2.21. The quantitative estimate of drug-likeness (QED) is 0.776. The van der Waals surface area contributed by atoms with Crippen molar-refractivity contribution in [2.75, 3.05) is 13.1 Å². The molecule has 1 aliphatic heterocycles. The van der Waals surface area contributed by atoms with Gasteiger partial charge in [0.2, 0.25) is 5.91 Å². The van der Waals surface area contributed by atoms with E-state index in [9.17, 15) is 9.90 Å². The smallest absolute Gasteiger partial charge is 0.290 e. The average molecular weight is 360 g/mol. The average Bonchev–Trinajstić information content (AvgIpc) is 3.11. The predicted octanol–water partition coefficient (Wildman–Crippen LogP) is 0.658. The van der Waals surface area contributed by atoms with Crippen molar-refractivity contribution >= 4 is 12.4 Å². The summed E-state index contributed by atoms with van der Waals surface area (Å²) >= 11 is 0. The number of amides is 1. The molecule has 2 atom stereocenters. The normalized spacial score (nSPS) is 19.0. The molecule has 0 unspecified atom stereocenters. The molecule has 2 aromatic rings. The maximum absolute atomic E-state index is 12.5. The minimum atomic E-state index is -0.479. The monoisotopic (exact) mass is 360 g/mol. The summed E-state index contributed by atoms with van der Waals surface area (Å²) in [4.78, 5) is 26.6. The van der Waals surface area contributed by atoms with Crippen LogP contribution in [-0.2, 0) is 22.6 Å². The molecule has 1 saturated heterocycles. The molecule has 0 saturated carbocycles. The number of pyridine rings is 1. The SMILES string of the molecule is Cc1cc(C)n(CC(=O)N2C[C@@H](Cc3ccncc3)[C@H](O)C2)n1.O=CO. The lowest BCUT2D eigenvalue weighted by molar-refractivity contribution is -0.131. The molecule has 2 N–H and O–H groups in total. The van der Waals surface area contributed by atoms with Gasteiger partial charge in [-0.25, -0.2) is 0 Å². The van der Waals surface area contributed by atoms with Crippen molar-refractivity contribution in [3.63, 3.8) is 0 Å². The fourth-order valence-corrected chi connectivity index (χ4v) is 3.14. The van der Waals surface area contributed by atoms with Gasteiger partial charge in [-0.05, 0) is 44.0 Å². The molecule has 26 heavy (non-hydrogen) atoms. The number of carboxylic acid groups (broad SMARTS) is 1. The van der Waals surface area contributed by atoms with Crippen LogP contribution in [0.2, 0.25) is 0 Å². The number of carbonyl (C=O) groups excluding carboxylic acids is 1. The van der Waals surface area contributed by atoms with Crippen molar-refractivity contribution in [3.05, 3.63) is 47.5 Å². The van der Waals surface area contributed by atoms with E-state index in [1.807, 2.05) is 32.0 Å². The van der Waals surface area contributed by atoms with E-state index in [0.717, 1.165) is 23.4 Å². The minimum Gasteiger partial charge on any atom is -0.483 e. The first kappa shape index (κ1) is 19.6. The Morgan fingerprint density at radius 1 is 1.31 bits per heavy atom. The van der Waals surface area contributed by atoms with Gasteiger partial charge in [0.05, 0.1) is 11.8 Å². The lowest BCUT2D eigenvalue weighted by atomic mass is 9.97. The molecule has 0 aromatic carbocycles. The van der Waals surface area contributed by atoms with Crippen LogP contribution in [0.4, 0.5) is 0 Å². The van der Waals surface area contributed by atoms with Gasteiger partial charge < -0.3 is 15.1 Å². The van der Waals surface area contributed by atoms with E-state index in [1.165, 1.54) is 0 Å². The molecule has 0 bridgehead atoms. The number of aryl methyl sites for hydroxylation is 2. The number of β-amino-alcohol motifs (C(OH)–C–C–N with tert-alkyl or cyclic N) is 1. The van der Waals surface area contributed by atoms with E-state index in [1.54, 1.807) is 22.0 Å². The highest BCUT2D eigenvalue weighted by molar-refractivity contribution is 5.76. The van der Waals surface area contributed by atoms with Gasteiger partial charge in [0.25, 0.3) is 6.47 Å². The fraction of sp³-hybridized carbons (Fsp3) is 0.444. The lowest BCUT2D eigenvalue weighted by Crippen LogP contribution is -2.33. The zero-order chi connectivity index (χ0) is 19.1. The molecule has 3 heterocycles. The second-order valence-electron chi connectivity index (χ2n) is 6.38. The maximum Gasteiger partial charge on any atom is 0.290 e. The van der Waals surface area contributed by atoms with Crippen molar-refractivity contribution in [2.45, 2.75) is 32.9 Å². The predicted molar refractivity (Wildman–Crippen MR) is 94.4 cm³/mol. The summed E-state index contributed by atoms with van der Waals surface area (Å²) in [6.07, 6.45) is 3.78. The van der Waals surface area contributed by atoms with Crippen LogP contribution in [0.25, 0.3) is 0 Å². The van der Waals surface area contributed by atoms with Crippen LogP contribution in [0, 0.1) is 19.8 Å². The Balaban J connectivity index is 0.000000758. The number of hydrogen-bond donors (Lipinski definition) is 2. The molecule has 2 aromatic heterocycles. The van der Waals surface area contributed by atoms with Crippen LogP contribution in [-0.4, -0.2) is 61.5 Å². The van der Waals surface area contributed by atoms with Crippen molar-refractivity contribution in [1.29, 1.82) is 0 Å². The molecule has 0 spiro atoms. The highest BCUT2D eigenvalue weighted by Gasteiger charge is 2.34. The number of carbonyl (C=O) groups is 2. The van der Waals surface area contributed by atoms with Crippen LogP contribution >= 0.6 is 0 Å². The van der Waals surface area contributed by atoms with Crippen LogP contribution < -0.4 is 0 Å². The summed E-state index contributed by atoms with van der Waals surface area (Å²) < 4.78 is 1.72. The second kappa shape index (κ2) is 9.10. The number of hydrogen-bond acceptors (Lipinski definition) is 5. The van der Waals surface area contributed by atoms with Gasteiger partial charge in [-0.15, -0.1) is 0 Å². The summed E-state index contributed by atoms with van der Waals surface area (Å²) in [5.74, 6) is 0.0780. The summed E-state index contributed by atoms with van der Waals surface area (Å²) in [6, 6.07) is 5.86. The largest absolute Gasteiger partial charge is 0.483 e. The van der Waals surface area contributed by atoms with E-state index < -0.39 is 6.10 Å². The van der Waals surface area contributed by atoms with Crippen molar-refractivity contribution in [2.24, 2.45) is 5.92 Å². The Labute approximate surface area is 152 Å². The first-order chi connectivity index (χ1) is 12.4. The van der Waals surface area contributed by atoms with Crippen molar-refractivity contribution in [3.8, 4) is 0 Å². The van der Waals surface area contributed by atoms with E-state index >= 15 is 0 Å². The van der Waals surface area contributed by atoms with Gasteiger partial charge in [-0.3, -0.25) is 19.3 Å². The molecule has 0 radical (unpaired) electrons. The van der Waals surface area contributed by atoms with Gasteiger partial charge in [0.1, 0.15) is 6.54 Å². The summed E-state index contributed by atoms with van der Waals surface area (Å²) in [5.41, 5.74) is 3.02. The van der Waals surface area contributed by atoms with Crippen LogP contribution in [0.15, 0.2) is 30.6 Å². The van der Waals surface area contributed by atoms with Gasteiger partial charge >= 0.3 is 0 Å². The van der Waals surface area contributed by atoms with Crippen molar-refractivity contribution < 1.29 is 19.8 Å². The van der Waals surface area contributed by atoms with Crippen LogP contribution in [0.3, 0.4) is 0 Å². The number of aromatic nitrogens is 3.